The summed E-state index contributed by atoms with van der Waals surface area (Å²) in [6.07, 6.45) is -9.77. The van der Waals surface area contributed by atoms with Crippen LogP contribution in [-0.4, -0.2) is 72.9 Å². The molecule has 174 valence electrons. The molecule has 1 aliphatic carbocycles. The second-order valence-electron chi connectivity index (χ2n) is 6.94. The van der Waals surface area contributed by atoms with E-state index in [-0.39, 0.29) is 22.6 Å². The molecule has 0 bridgehead atoms. The lowest BCUT2D eigenvalue weighted by molar-refractivity contribution is -0.271. The lowest BCUT2D eigenvalue weighted by atomic mass is 9.86. The Kier molecular flexibility index (Phi) is 8.72. The fourth-order valence-electron chi connectivity index (χ4n) is 3.00. The minimum absolute atomic E-state index is 0.0193. The molecule has 30 heavy (non-hydrogen) atoms. The molecule has 14 heteroatoms. The number of allylic oxidation sites excluding steroid dienone is 1. The Morgan fingerprint density at radius 3 is 1.73 bits per heavy atom. The van der Waals surface area contributed by atoms with Crippen LogP contribution in [0, 0.1) is 11.8 Å². The fraction of sp³-hybridized carbons (Fsp3) is 0.750. The van der Waals surface area contributed by atoms with Crippen LogP contribution in [0.5, 0.6) is 0 Å². The van der Waals surface area contributed by atoms with Gasteiger partial charge in [0.1, 0.15) is 12.2 Å². The molecule has 0 aromatic rings. The van der Waals surface area contributed by atoms with Gasteiger partial charge in [-0.1, -0.05) is 12.2 Å². The van der Waals surface area contributed by atoms with Gasteiger partial charge >= 0.3 is 24.7 Å². The molecule has 0 N–H and O–H groups in total. The lowest BCUT2D eigenvalue weighted by Gasteiger charge is -2.36. The maximum Gasteiger partial charge on any atom is 0.324 e. The minimum atomic E-state index is -4.63. The zero-order chi connectivity index (χ0) is 23.3. The number of amides is 2. The number of carbonyl (C=O) groups excluding carboxylic acids is 2. The van der Waals surface area contributed by atoms with Gasteiger partial charge in [-0.3, -0.25) is 0 Å². The van der Waals surface area contributed by atoms with Gasteiger partial charge in [-0.05, 0) is 24.7 Å². The number of nitrogens with zero attached hydrogens (tertiary/aromatic N) is 2. The molecule has 2 amide bonds. The van der Waals surface area contributed by atoms with Crippen LogP contribution in [0.4, 0.5) is 44.7 Å². The van der Waals surface area contributed by atoms with Crippen molar-refractivity contribution < 1.29 is 54.9 Å². The van der Waals surface area contributed by atoms with E-state index in [0.717, 1.165) is 0 Å². The van der Waals surface area contributed by atoms with Crippen molar-refractivity contribution in [2.24, 2.45) is 11.8 Å². The molecular formula is C16H18F8N2O4-2. The number of halogens is 8. The van der Waals surface area contributed by atoms with Crippen LogP contribution in [0.25, 0.3) is 0 Å². The standard InChI is InChI=1S/C16H20F8N2O4/c17-11(18)15(21,22)7-25(13(27)28)5-9-2-1-3-10(4-9)6-26(14(29)30)8-16(23,24)12(19)20/h1-2,9-12H,3-8H2,(H,27,28)(H,29,30)/p-2. The van der Waals surface area contributed by atoms with Crippen molar-refractivity contribution in [3.05, 3.63) is 12.2 Å². The number of carbonyl (C=O) groups is 2. The van der Waals surface area contributed by atoms with Crippen molar-refractivity contribution in [1.82, 2.24) is 9.80 Å². The molecule has 0 aromatic heterocycles. The summed E-state index contributed by atoms with van der Waals surface area (Å²) in [5.41, 5.74) is 0. The zero-order valence-electron chi connectivity index (χ0n) is 15.3. The van der Waals surface area contributed by atoms with Crippen molar-refractivity contribution in [3.8, 4) is 0 Å². The first-order valence-corrected chi connectivity index (χ1v) is 8.56. The first-order chi connectivity index (χ1) is 13.7. The number of hydrogen-bond acceptors (Lipinski definition) is 4. The summed E-state index contributed by atoms with van der Waals surface area (Å²) < 4.78 is 102. The highest BCUT2D eigenvalue weighted by Gasteiger charge is 2.44. The lowest BCUT2D eigenvalue weighted by Crippen LogP contribution is -2.52. The summed E-state index contributed by atoms with van der Waals surface area (Å²) in [5.74, 6) is -10.9. The monoisotopic (exact) mass is 454 g/mol. The van der Waals surface area contributed by atoms with E-state index in [2.05, 4.69) is 0 Å². The van der Waals surface area contributed by atoms with Crippen LogP contribution in [0.3, 0.4) is 0 Å². The molecular weight excluding hydrogens is 436 g/mol. The summed E-state index contributed by atoms with van der Waals surface area (Å²) in [6.45, 7) is -5.03. The molecule has 0 saturated heterocycles. The quantitative estimate of drug-likeness (QED) is 0.371. The second-order valence-corrected chi connectivity index (χ2v) is 6.94. The van der Waals surface area contributed by atoms with Crippen molar-refractivity contribution in [1.29, 1.82) is 0 Å². The number of carboxylic acid groups (broad SMARTS) is 2. The zero-order valence-corrected chi connectivity index (χ0v) is 15.3. The molecule has 0 heterocycles. The highest BCUT2D eigenvalue weighted by Crippen LogP contribution is 2.29. The molecule has 0 fully saturated rings. The SMILES string of the molecule is O=C([O-])N(CC1C=CCC(CN(CC(F)(F)C(F)F)C(=O)[O-])C1)CC(F)(F)C(F)F. The van der Waals surface area contributed by atoms with Gasteiger partial charge in [-0.15, -0.1) is 0 Å². The highest BCUT2D eigenvalue weighted by molar-refractivity contribution is 5.63. The molecule has 1 rings (SSSR count). The summed E-state index contributed by atoms with van der Waals surface area (Å²) in [7, 11) is 0. The van der Waals surface area contributed by atoms with Crippen LogP contribution >= 0.6 is 0 Å². The van der Waals surface area contributed by atoms with Crippen LogP contribution in [0.2, 0.25) is 0 Å². The van der Waals surface area contributed by atoms with E-state index in [4.69, 9.17) is 0 Å². The maximum absolute atomic E-state index is 13.2. The van der Waals surface area contributed by atoms with Gasteiger partial charge in [-0.2, -0.15) is 17.6 Å². The molecule has 2 atom stereocenters. The summed E-state index contributed by atoms with van der Waals surface area (Å²) >= 11 is 0. The van der Waals surface area contributed by atoms with Gasteiger partial charge in [0.2, 0.25) is 0 Å². The first-order valence-electron chi connectivity index (χ1n) is 8.56. The third-order valence-corrected chi connectivity index (χ3v) is 4.41. The Balaban J connectivity index is 2.79. The molecule has 6 nitrogen and oxygen atoms in total. The van der Waals surface area contributed by atoms with Crippen LogP contribution in [0.1, 0.15) is 12.8 Å². The van der Waals surface area contributed by atoms with Crippen molar-refractivity contribution >= 4 is 12.2 Å². The predicted molar refractivity (Wildman–Crippen MR) is 81.2 cm³/mol. The van der Waals surface area contributed by atoms with Crippen LogP contribution < -0.4 is 10.2 Å². The maximum atomic E-state index is 13.2. The van der Waals surface area contributed by atoms with Gasteiger partial charge in [-0.25, -0.2) is 17.6 Å². The molecule has 0 spiro atoms. The van der Waals surface area contributed by atoms with E-state index in [1.54, 1.807) is 0 Å². The fourth-order valence-corrected chi connectivity index (χ4v) is 3.00. The number of alkyl halides is 8. The van der Waals surface area contributed by atoms with Crippen LogP contribution in [-0.2, 0) is 0 Å². The average Bonchev–Trinajstić information content (AvgIpc) is 2.60. The largest absolute Gasteiger partial charge is 0.530 e. The molecule has 0 aliphatic heterocycles. The second kappa shape index (κ2) is 10.2. The third-order valence-electron chi connectivity index (χ3n) is 4.41. The first kappa shape index (κ1) is 25.8. The van der Waals surface area contributed by atoms with Gasteiger partial charge in [0.15, 0.2) is 0 Å². The average molecular weight is 454 g/mol. The minimum Gasteiger partial charge on any atom is -0.530 e. The van der Waals surface area contributed by atoms with E-state index >= 15 is 0 Å². The summed E-state index contributed by atoms with van der Waals surface area (Å²) in [6, 6.07) is 0. The summed E-state index contributed by atoms with van der Waals surface area (Å²) in [5, 5.41) is 22.0. The Morgan fingerprint density at radius 1 is 0.900 bits per heavy atom. The highest BCUT2D eigenvalue weighted by atomic mass is 19.3. The molecule has 0 radical (unpaired) electrons. The van der Waals surface area contributed by atoms with Crippen LogP contribution in [0.15, 0.2) is 12.2 Å². The van der Waals surface area contributed by atoms with E-state index in [0.29, 0.717) is 0 Å². The smallest absolute Gasteiger partial charge is 0.324 e. The van der Waals surface area contributed by atoms with E-state index in [9.17, 15) is 54.9 Å². The molecule has 1 aliphatic rings. The van der Waals surface area contributed by atoms with Crippen molar-refractivity contribution in [3.63, 3.8) is 0 Å². The molecule has 0 aromatic carbocycles. The molecule has 0 saturated carbocycles. The van der Waals surface area contributed by atoms with E-state index in [1.165, 1.54) is 12.2 Å². The number of rotatable bonds is 10. The van der Waals surface area contributed by atoms with Crippen molar-refractivity contribution in [2.75, 3.05) is 26.2 Å². The Hall–Kier alpha value is -2.28. The van der Waals surface area contributed by atoms with E-state index in [1.807, 2.05) is 0 Å². The third kappa shape index (κ3) is 7.52. The topological polar surface area (TPSA) is 86.7 Å². The van der Waals surface area contributed by atoms with E-state index < -0.39 is 74.9 Å². The Bertz CT molecular complexity index is 632. The normalized spacial score (nSPS) is 19.9. The Labute approximate surface area is 165 Å². The van der Waals surface area contributed by atoms with Gasteiger partial charge in [0.05, 0.1) is 13.1 Å². The molecule has 2 unspecified atom stereocenters. The number of hydrogen-bond donors (Lipinski definition) is 0. The summed E-state index contributed by atoms with van der Waals surface area (Å²) in [4.78, 5) is 22.0. The predicted octanol–water partition coefficient (Wildman–Crippen LogP) is 1.66. The van der Waals surface area contributed by atoms with Crippen molar-refractivity contribution in [2.45, 2.75) is 37.5 Å². The Morgan fingerprint density at radius 2 is 1.33 bits per heavy atom. The van der Waals surface area contributed by atoms with Gasteiger partial charge in [0.25, 0.3) is 0 Å². The van der Waals surface area contributed by atoms with Gasteiger partial charge < -0.3 is 29.6 Å². The van der Waals surface area contributed by atoms with Gasteiger partial charge in [0, 0.05) is 13.1 Å².